The lowest BCUT2D eigenvalue weighted by molar-refractivity contribution is 0.0827. The fraction of sp³-hybridized carbons (Fsp3) is 0.524. The maximum atomic E-state index is 11.8. The minimum absolute atomic E-state index is 0.131. The quantitative estimate of drug-likeness (QED) is 0.708. The Morgan fingerprint density at radius 2 is 1.90 bits per heavy atom. The molecule has 1 amide bonds. The monoisotopic (exact) mass is 396 g/mol. The molecule has 8 heteroatoms. The summed E-state index contributed by atoms with van der Waals surface area (Å²) in [6, 6.07) is 7.24. The molecule has 0 spiro atoms. The highest BCUT2D eigenvalue weighted by Gasteiger charge is 2.24. The van der Waals surface area contributed by atoms with E-state index in [1.54, 1.807) is 19.2 Å². The van der Waals surface area contributed by atoms with Gasteiger partial charge in [0.05, 0.1) is 0 Å². The number of benzene rings is 1. The Balaban J connectivity index is 1.32. The predicted molar refractivity (Wildman–Crippen MR) is 111 cm³/mol. The molecule has 154 valence electrons. The van der Waals surface area contributed by atoms with Crippen LogP contribution in [0.1, 0.15) is 36.0 Å². The van der Waals surface area contributed by atoms with Gasteiger partial charge in [0, 0.05) is 44.6 Å². The first-order valence-corrected chi connectivity index (χ1v) is 10.3. The van der Waals surface area contributed by atoms with Crippen LogP contribution in [0.3, 0.4) is 0 Å². The Labute approximate surface area is 171 Å². The molecule has 0 bridgehead atoms. The van der Waals surface area contributed by atoms with E-state index in [9.17, 15) is 4.79 Å². The zero-order chi connectivity index (χ0) is 20.1. The second-order valence-corrected chi connectivity index (χ2v) is 7.81. The van der Waals surface area contributed by atoms with Crippen molar-refractivity contribution in [1.82, 2.24) is 20.3 Å². The Hall–Kier alpha value is -2.74. The number of hydrogen-bond donors (Lipinski definition) is 2. The third kappa shape index (κ3) is 5.41. The van der Waals surface area contributed by atoms with Crippen LogP contribution >= 0.6 is 0 Å². The number of piperidine rings is 1. The van der Waals surface area contributed by atoms with Crippen molar-refractivity contribution in [2.75, 3.05) is 43.6 Å². The molecule has 1 saturated carbocycles. The number of anilines is 3. The van der Waals surface area contributed by atoms with Gasteiger partial charge in [0.15, 0.2) is 0 Å². The lowest BCUT2D eigenvalue weighted by Gasteiger charge is -2.31. The van der Waals surface area contributed by atoms with E-state index in [2.05, 4.69) is 30.5 Å². The van der Waals surface area contributed by atoms with Crippen molar-refractivity contribution >= 4 is 23.5 Å². The summed E-state index contributed by atoms with van der Waals surface area (Å²) in [4.78, 5) is 27.1. The zero-order valence-corrected chi connectivity index (χ0v) is 16.8. The molecule has 2 aromatic rings. The Kier molecular flexibility index (Phi) is 6.19. The van der Waals surface area contributed by atoms with Gasteiger partial charge in [-0.2, -0.15) is 4.98 Å². The van der Waals surface area contributed by atoms with E-state index < -0.39 is 0 Å². The molecule has 2 heterocycles. The first kappa shape index (κ1) is 19.6. The van der Waals surface area contributed by atoms with Gasteiger partial charge in [0.2, 0.25) is 11.9 Å². The minimum Gasteiger partial charge on any atom is -0.381 e. The standard InChI is InChI=1S/C21H28N6O2/c1-22-19(28)17-3-2-4-18(11-17)25-20-23-14-24-21(26-20)27-9-7-16(8-10-27)13-29-12-15-5-6-15/h2-4,11,14-16H,5-10,12-13H2,1H3,(H,22,28)(H,23,24,25,26). The number of amides is 1. The second-order valence-electron chi connectivity index (χ2n) is 7.81. The Bertz CT molecular complexity index is 833. The summed E-state index contributed by atoms with van der Waals surface area (Å²) < 4.78 is 5.86. The van der Waals surface area contributed by atoms with Gasteiger partial charge in [-0.3, -0.25) is 4.79 Å². The molecule has 1 aromatic heterocycles. The van der Waals surface area contributed by atoms with E-state index in [0.29, 0.717) is 23.4 Å². The van der Waals surface area contributed by atoms with E-state index in [0.717, 1.165) is 50.8 Å². The summed E-state index contributed by atoms with van der Waals surface area (Å²) >= 11 is 0. The molecule has 1 saturated heterocycles. The van der Waals surface area contributed by atoms with Crippen LogP contribution in [0.4, 0.5) is 17.6 Å². The predicted octanol–water partition coefficient (Wildman–Crippen LogP) is 2.62. The van der Waals surface area contributed by atoms with Gasteiger partial charge in [0.1, 0.15) is 6.33 Å². The first-order valence-electron chi connectivity index (χ1n) is 10.3. The summed E-state index contributed by atoms with van der Waals surface area (Å²) in [7, 11) is 1.61. The van der Waals surface area contributed by atoms with Crippen LogP contribution in [-0.2, 0) is 4.74 Å². The number of carbonyl (C=O) groups excluding carboxylic acids is 1. The number of nitrogens with zero attached hydrogens (tertiary/aromatic N) is 4. The largest absolute Gasteiger partial charge is 0.381 e. The summed E-state index contributed by atoms with van der Waals surface area (Å²) in [6.07, 6.45) is 6.38. The van der Waals surface area contributed by atoms with Crippen molar-refractivity contribution < 1.29 is 9.53 Å². The van der Waals surface area contributed by atoms with Gasteiger partial charge < -0.3 is 20.3 Å². The average molecular weight is 396 g/mol. The van der Waals surface area contributed by atoms with Crippen LogP contribution in [0, 0.1) is 11.8 Å². The van der Waals surface area contributed by atoms with Crippen molar-refractivity contribution in [2.45, 2.75) is 25.7 Å². The van der Waals surface area contributed by atoms with Crippen LogP contribution in [-0.4, -0.2) is 54.2 Å². The van der Waals surface area contributed by atoms with Gasteiger partial charge in [-0.05, 0) is 55.7 Å². The first-order chi connectivity index (χ1) is 14.2. The fourth-order valence-electron chi connectivity index (χ4n) is 3.50. The normalized spacial score (nSPS) is 17.2. The van der Waals surface area contributed by atoms with Crippen LogP contribution in [0.15, 0.2) is 30.6 Å². The van der Waals surface area contributed by atoms with Gasteiger partial charge in [-0.15, -0.1) is 0 Å². The highest BCUT2D eigenvalue weighted by Crippen LogP contribution is 2.29. The van der Waals surface area contributed by atoms with Crippen LogP contribution in [0.5, 0.6) is 0 Å². The van der Waals surface area contributed by atoms with Crippen LogP contribution < -0.4 is 15.5 Å². The maximum Gasteiger partial charge on any atom is 0.251 e. The lowest BCUT2D eigenvalue weighted by atomic mass is 9.98. The van der Waals surface area contributed by atoms with E-state index >= 15 is 0 Å². The summed E-state index contributed by atoms with van der Waals surface area (Å²) in [6.45, 7) is 3.65. The molecule has 2 fully saturated rings. The summed E-state index contributed by atoms with van der Waals surface area (Å²) in [5, 5.41) is 5.79. The summed E-state index contributed by atoms with van der Waals surface area (Å²) in [5.41, 5.74) is 1.34. The fourth-order valence-corrected chi connectivity index (χ4v) is 3.50. The van der Waals surface area contributed by atoms with Crippen LogP contribution in [0.25, 0.3) is 0 Å². The molecule has 4 rings (SSSR count). The highest BCUT2D eigenvalue weighted by atomic mass is 16.5. The number of hydrogen-bond acceptors (Lipinski definition) is 7. The number of ether oxygens (including phenoxy) is 1. The molecular weight excluding hydrogens is 368 g/mol. The zero-order valence-electron chi connectivity index (χ0n) is 16.8. The second kappa shape index (κ2) is 9.17. The third-order valence-electron chi connectivity index (χ3n) is 5.47. The third-order valence-corrected chi connectivity index (χ3v) is 5.47. The molecule has 29 heavy (non-hydrogen) atoms. The van der Waals surface area contributed by atoms with Crippen LogP contribution in [0.2, 0.25) is 0 Å². The van der Waals surface area contributed by atoms with Crippen molar-refractivity contribution in [3.05, 3.63) is 36.2 Å². The smallest absolute Gasteiger partial charge is 0.251 e. The number of carbonyl (C=O) groups is 1. The lowest BCUT2D eigenvalue weighted by Crippen LogP contribution is -2.36. The number of nitrogens with one attached hydrogen (secondary N) is 2. The number of aromatic nitrogens is 3. The average Bonchev–Trinajstić information content (AvgIpc) is 3.58. The topological polar surface area (TPSA) is 92.3 Å². The molecule has 0 unspecified atom stereocenters. The molecule has 1 aromatic carbocycles. The van der Waals surface area contributed by atoms with Gasteiger partial charge in [0.25, 0.3) is 5.91 Å². The molecule has 1 aliphatic carbocycles. The van der Waals surface area contributed by atoms with Gasteiger partial charge >= 0.3 is 0 Å². The van der Waals surface area contributed by atoms with Crippen molar-refractivity contribution in [3.8, 4) is 0 Å². The van der Waals surface area contributed by atoms with Gasteiger partial charge in [-0.25, -0.2) is 9.97 Å². The summed E-state index contributed by atoms with van der Waals surface area (Å²) in [5.74, 6) is 2.47. The molecule has 2 N–H and O–H groups in total. The molecule has 2 aliphatic rings. The number of rotatable bonds is 8. The Morgan fingerprint density at radius 3 is 2.62 bits per heavy atom. The maximum absolute atomic E-state index is 11.8. The van der Waals surface area contributed by atoms with E-state index in [1.807, 2.05) is 12.1 Å². The molecule has 0 radical (unpaired) electrons. The SMILES string of the molecule is CNC(=O)c1cccc(Nc2ncnc(N3CCC(COCC4CC4)CC3)n2)c1. The van der Waals surface area contributed by atoms with Crippen molar-refractivity contribution in [2.24, 2.45) is 11.8 Å². The minimum atomic E-state index is -0.131. The van der Waals surface area contributed by atoms with Crippen molar-refractivity contribution in [3.63, 3.8) is 0 Å². The van der Waals surface area contributed by atoms with E-state index in [4.69, 9.17) is 4.74 Å². The van der Waals surface area contributed by atoms with E-state index in [1.165, 1.54) is 19.2 Å². The van der Waals surface area contributed by atoms with E-state index in [-0.39, 0.29) is 5.91 Å². The molecule has 8 nitrogen and oxygen atoms in total. The van der Waals surface area contributed by atoms with Gasteiger partial charge in [-0.1, -0.05) is 6.07 Å². The Morgan fingerprint density at radius 1 is 1.14 bits per heavy atom. The highest BCUT2D eigenvalue weighted by molar-refractivity contribution is 5.95. The molecular formula is C21H28N6O2. The molecule has 0 atom stereocenters. The van der Waals surface area contributed by atoms with Crippen molar-refractivity contribution in [1.29, 1.82) is 0 Å². The molecule has 1 aliphatic heterocycles.